The summed E-state index contributed by atoms with van der Waals surface area (Å²) in [5, 5.41) is 2.21. The summed E-state index contributed by atoms with van der Waals surface area (Å²) < 4.78 is 12.9. The molecule has 9 aromatic rings. The van der Waals surface area contributed by atoms with Crippen LogP contribution in [0, 0.1) is 25.9 Å². The van der Waals surface area contributed by atoms with Gasteiger partial charge < -0.3 is 21.3 Å². The SMILES string of the molecule is CC(C)(C)c1ccnc(-n2c3[c-]c(Oc4[c-]c(-n5[c-][n+](-c6ccccc6)c6ccccc65)ccc4)ccc3c3ccc(-c4ccccc4C(C)(C)C)cc32)c1.[CH3-].[Pt+4]. The van der Waals surface area contributed by atoms with E-state index < -0.39 is 0 Å². The first-order valence-electron chi connectivity index (χ1n) is 18.8. The van der Waals surface area contributed by atoms with E-state index in [2.05, 4.69) is 160 Å². The van der Waals surface area contributed by atoms with Crippen LogP contribution in [0.5, 0.6) is 11.5 Å². The van der Waals surface area contributed by atoms with Crippen molar-refractivity contribution in [1.82, 2.24) is 14.1 Å². The van der Waals surface area contributed by atoms with E-state index in [1.807, 2.05) is 59.3 Å². The first kappa shape index (κ1) is 39.5. The number of imidazole rings is 1. The normalized spacial score (nSPS) is 11.8. The van der Waals surface area contributed by atoms with Gasteiger partial charge in [0.05, 0.1) is 16.7 Å². The van der Waals surface area contributed by atoms with Gasteiger partial charge in [-0.15, -0.1) is 29.7 Å². The van der Waals surface area contributed by atoms with Crippen molar-refractivity contribution in [2.75, 3.05) is 0 Å². The van der Waals surface area contributed by atoms with E-state index in [1.165, 1.54) is 22.3 Å². The fraction of sp³-hybridized carbons (Fsp3) is 0.157. The number of nitrogens with zero attached hydrogens (tertiary/aromatic N) is 4. The van der Waals surface area contributed by atoms with Gasteiger partial charge in [0.15, 0.2) is 0 Å². The van der Waals surface area contributed by atoms with Crippen LogP contribution in [0.25, 0.3) is 61.2 Å². The van der Waals surface area contributed by atoms with Crippen LogP contribution in [0.15, 0.2) is 146 Å². The topological polar surface area (TPSA) is 35.9 Å². The molecule has 0 aliphatic rings. The minimum Gasteiger partial charge on any atom is -0.510 e. The van der Waals surface area contributed by atoms with Crippen molar-refractivity contribution >= 4 is 32.8 Å². The van der Waals surface area contributed by atoms with Crippen LogP contribution < -0.4 is 9.30 Å². The molecule has 3 aromatic heterocycles. The Bertz CT molecular complexity index is 2870. The maximum atomic E-state index is 6.58. The van der Waals surface area contributed by atoms with Crippen molar-refractivity contribution in [1.29, 1.82) is 0 Å². The Morgan fingerprint density at radius 1 is 0.632 bits per heavy atom. The number of hydrogen-bond donors (Lipinski definition) is 0. The first-order chi connectivity index (χ1) is 26.5. The molecule has 0 atom stereocenters. The van der Waals surface area contributed by atoms with E-state index in [4.69, 9.17) is 9.72 Å². The van der Waals surface area contributed by atoms with E-state index in [0.717, 1.165) is 50.0 Å². The molecule has 5 nitrogen and oxygen atoms in total. The molecule has 0 saturated heterocycles. The molecule has 3 heterocycles. The Morgan fingerprint density at radius 2 is 1.35 bits per heavy atom. The zero-order chi connectivity index (χ0) is 37.9. The monoisotopic (exact) mass is 924 g/mol. The van der Waals surface area contributed by atoms with E-state index in [9.17, 15) is 0 Å². The molecule has 284 valence electrons. The molecule has 0 aliphatic heterocycles. The Kier molecular flexibility index (Phi) is 10.6. The van der Waals surface area contributed by atoms with E-state index in [-0.39, 0.29) is 39.3 Å². The minimum absolute atomic E-state index is 0. The zero-order valence-corrected chi connectivity index (χ0v) is 35.6. The Morgan fingerprint density at radius 3 is 2.14 bits per heavy atom. The Labute approximate surface area is 350 Å². The molecule has 6 heteroatoms. The summed E-state index contributed by atoms with van der Waals surface area (Å²) in [5.74, 6) is 2.02. The van der Waals surface area contributed by atoms with Gasteiger partial charge in [0, 0.05) is 23.2 Å². The third-order valence-electron chi connectivity index (χ3n) is 10.3. The van der Waals surface area contributed by atoms with Gasteiger partial charge >= 0.3 is 21.1 Å². The zero-order valence-electron chi connectivity index (χ0n) is 33.4. The van der Waals surface area contributed by atoms with Crippen molar-refractivity contribution in [2.24, 2.45) is 0 Å². The fourth-order valence-electron chi connectivity index (χ4n) is 7.54. The smallest absolute Gasteiger partial charge is 0.510 e. The molecule has 9 rings (SSSR count). The third kappa shape index (κ3) is 7.33. The second-order valence-electron chi connectivity index (χ2n) is 16.2. The predicted molar refractivity (Wildman–Crippen MR) is 229 cm³/mol. The van der Waals surface area contributed by atoms with Gasteiger partial charge in [0.2, 0.25) is 0 Å². The van der Waals surface area contributed by atoms with Crippen LogP contribution in [-0.4, -0.2) is 14.1 Å². The van der Waals surface area contributed by atoms with Crippen molar-refractivity contribution in [3.63, 3.8) is 0 Å². The Balaban J connectivity index is 0.00000248. The van der Waals surface area contributed by atoms with Crippen LogP contribution in [0.2, 0.25) is 0 Å². The minimum atomic E-state index is -0.0467. The maximum Gasteiger partial charge on any atom is 4.00 e. The molecule has 0 aliphatic carbocycles. The second kappa shape index (κ2) is 15.3. The molecule has 0 saturated carbocycles. The largest absolute Gasteiger partial charge is 4.00 e. The molecular weight excluding hydrogens is 880 g/mol. The van der Waals surface area contributed by atoms with Gasteiger partial charge in [-0.2, -0.15) is 18.2 Å². The summed E-state index contributed by atoms with van der Waals surface area (Å²) in [5.41, 5.74) is 10.8. The quantitative estimate of drug-likeness (QED) is 0.123. The second-order valence-corrected chi connectivity index (χ2v) is 16.2. The number of hydrogen-bond acceptors (Lipinski definition) is 2. The number of fused-ring (bicyclic) bond motifs is 4. The number of para-hydroxylation sites is 3. The standard InChI is InChI=1S/C50H42N4O.CH3.Pt/c1-49(2,3)35-27-28-51-48(30-35)54-46-29-34(40-19-10-11-20-43(40)50(4,5)6)23-25-41(46)42-26-24-39(32-47(42)54)55-38-18-14-17-37(31-38)53-33-52(36-15-8-7-9-16-36)44-21-12-13-22-45(44)53;;/h7-30H,1-6H3;1H3;/q-2;-1;+4. The average molecular weight is 925 g/mol. The number of ether oxygens (including phenoxy) is 1. The van der Waals surface area contributed by atoms with Gasteiger partial charge in [-0.3, -0.25) is 4.57 Å². The molecule has 0 fully saturated rings. The van der Waals surface area contributed by atoms with Crippen LogP contribution in [-0.2, 0) is 31.9 Å². The van der Waals surface area contributed by atoms with Crippen molar-refractivity contribution in [3.05, 3.63) is 183 Å². The van der Waals surface area contributed by atoms with Crippen molar-refractivity contribution < 1.29 is 30.4 Å². The number of benzene rings is 6. The summed E-state index contributed by atoms with van der Waals surface area (Å²) in [4.78, 5) is 4.95. The van der Waals surface area contributed by atoms with Crippen LogP contribution in [0.3, 0.4) is 0 Å². The van der Waals surface area contributed by atoms with Gasteiger partial charge in [0.1, 0.15) is 5.82 Å². The van der Waals surface area contributed by atoms with Crippen LogP contribution in [0.1, 0.15) is 52.7 Å². The van der Waals surface area contributed by atoms with Gasteiger partial charge in [-0.05, 0) is 74.5 Å². The first-order valence-corrected chi connectivity index (χ1v) is 18.8. The third-order valence-corrected chi connectivity index (χ3v) is 10.3. The van der Waals surface area contributed by atoms with Gasteiger partial charge in [-0.1, -0.05) is 126 Å². The molecule has 0 amide bonds. The number of aromatic nitrogens is 4. The van der Waals surface area contributed by atoms with E-state index in [0.29, 0.717) is 11.5 Å². The van der Waals surface area contributed by atoms with E-state index in [1.54, 1.807) is 0 Å². The van der Waals surface area contributed by atoms with Crippen LogP contribution >= 0.6 is 0 Å². The summed E-state index contributed by atoms with van der Waals surface area (Å²) >= 11 is 0. The molecular formula is C51H45N4OPt+. The van der Waals surface area contributed by atoms with Crippen LogP contribution in [0.4, 0.5) is 0 Å². The summed E-state index contributed by atoms with van der Waals surface area (Å²) in [6.45, 7) is 13.5. The van der Waals surface area contributed by atoms with Crippen molar-refractivity contribution in [2.45, 2.75) is 52.4 Å². The molecule has 0 unspecified atom stereocenters. The molecule has 6 aromatic carbocycles. The molecule has 0 radical (unpaired) electrons. The number of rotatable bonds is 6. The molecule has 0 spiro atoms. The summed E-state index contributed by atoms with van der Waals surface area (Å²) in [6.07, 6.45) is 5.46. The maximum absolute atomic E-state index is 6.58. The van der Waals surface area contributed by atoms with Gasteiger partial charge in [-0.25, -0.2) is 4.98 Å². The predicted octanol–water partition coefficient (Wildman–Crippen LogP) is 12.3. The summed E-state index contributed by atoms with van der Waals surface area (Å²) in [6, 6.07) is 55.6. The van der Waals surface area contributed by atoms with Gasteiger partial charge in [0.25, 0.3) is 6.33 Å². The van der Waals surface area contributed by atoms with E-state index >= 15 is 0 Å². The summed E-state index contributed by atoms with van der Waals surface area (Å²) in [7, 11) is 0. The molecule has 57 heavy (non-hydrogen) atoms. The molecule has 0 bridgehead atoms. The average Bonchev–Trinajstić information content (AvgIpc) is 3.73. The number of pyridine rings is 1. The fourth-order valence-corrected chi connectivity index (χ4v) is 7.54. The Hall–Kier alpha value is -5.77. The molecule has 0 N–H and O–H groups in total. The van der Waals surface area contributed by atoms with Crippen molar-refractivity contribution in [3.8, 4) is 39.8 Å².